The molecule has 0 unspecified atom stereocenters. The number of nitrogens with two attached hydrogens (primary N) is 2. The summed E-state index contributed by atoms with van der Waals surface area (Å²) < 4.78 is 0. The summed E-state index contributed by atoms with van der Waals surface area (Å²) in [5.41, 5.74) is 13.3. The van der Waals surface area contributed by atoms with Crippen LogP contribution in [0.2, 0.25) is 0 Å². The van der Waals surface area contributed by atoms with E-state index in [1.165, 1.54) is 6.92 Å². The summed E-state index contributed by atoms with van der Waals surface area (Å²) in [4.78, 5) is 17.0. The minimum absolute atomic E-state index is 0. The van der Waals surface area contributed by atoms with E-state index < -0.39 is 6.17 Å². The minimum atomic E-state index is -0.520. The van der Waals surface area contributed by atoms with Gasteiger partial charge in [0.1, 0.15) is 6.17 Å². The normalized spacial score (nSPS) is 11.7. The van der Waals surface area contributed by atoms with Gasteiger partial charge in [0, 0.05) is 31.8 Å². The third-order valence-corrected chi connectivity index (χ3v) is 2.74. The van der Waals surface area contributed by atoms with Gasteiger partial charge < -0.3 is 21.7 Å². The van der Waals surface area contributed by atoms with Gasteiger partial charge in [0.05, 0.1) is 0 Å². The molecule has 0 fully saturated rings. The van der Waals surface area contributed by atoms with Crippen LogP contribution in [0.15, 0.2) is 29.3 Å². The third kappa shape index (κ3) is 6.20. The molecule has 0 aliphatic rings. The number of amides is 1. The summed E-state index contributed by atoms with van der Waals surface area (Å²) in [7, 11) is 1.71. The standard InChI is InChI=1S/C13H21N5O.2ClH/c1-4-16-13(15)17-12(14)10-7-5-6-8-11(10)18(3)9(2)19;;/h5-8,12H,4,14H2,1-3H3,(H3,15,16,17);2*1H/t12-;;/m0../s1. The van der Waals surface area contributed by atoms with E-state index in [0.29, 0.717) is 6.54 Å². The number of carbonyl (C=O) groups is 1. The zero-order valence-corrected chi connectivity index (χ0v) is 14.0. The van der Waals surface area contributed by atoms with Gasteiger partial charge in [0.15, 0.2) is 5.96 Å². The number of nitrogens with one attached hydrogen (secondary N) is 1. The number of para-hydroxylation sites is 1. The van der Waals surface area contributed by atoms with Crippen LogP contribution in [-0.4, -0.2) is 25.5 Å². The zero-order valence-electron chi connectivity index (χ0n) is 12.4. The topological polar surface area (TPSA) is 96.7 Å². The van der Waals surface area contributed by atoms with E-state index in [1.807, 2.05) is 31.2 Å². The highest BCUT2D eigenvalue weighted by molar-refractivity contribution is 5.92. The molecule has 1 aromatic carbocycles. The molecule has 5 N–H and O–H groups in total. The molecule has 0 aliphatic carbocycles. The Balaban J connectivity index is 0. The van der Waals surface area contributed by atoms with E-state index in [4.69, 9.17) is 11.5 Å². The Labute approximate surface area is 137 Å². The van der Waals surface area contributed by atoms with Crippen LogP contribution in [0.25, 0.3) is 0 Å². The first-order chi connectivity index (χ1) is 8.97. The fourth-order valence-electron chi connectivity index (χ4n) is 1.68. The minimum Gasteiger partial charge on any atom is -0.370 e. The van der Waals surface area contributed by atoms with Gasteiger partial charge in [-0.1, -0.05) is 18.2 Å². The summed E-state index contributed by atoms with van der Waals surface area (Å²) in [5, 5.41) is 2.90. The van der Waals surface area contributed by atoms with Crippen molar-refractivity contribution in [1.82, 2.24) is 5.32 Å². The van der Waals surface area contributed by atoms with Gasteiger partial charge in [-0.3, -0.25) is 9.79 Å². The van der Waals surface area contributed by atoms with Gasteiger partial charge in [-0.2, -0.15) is 0 Å². The molecule has 8 heteroatoms. The van der Waals surface area contributed by atoms with Crippen LogP contribution in [0.1, 0.15) is 25.6 Å². The molecule has 1 amide bonds. The fourth-order valence-corrected chi connectivity index (χ4v) is 1.68. The highest BCUT2D eigenvalue weighted by atomic mass is 35.5. The maximum atomic E-state index is 11.5. The molecule has 0 saturated carbocycles. The van der Waals surface area contributed by atoms with Crippen molar-refractivity contribution in [2.45, 2.75) is 20.0 Å². The highest BCUT2D eigenvalue weighted by Crippen LogP contribution is 2.23. The Morgan fingerprint density at radius 2 is 1.95 bits per heavy atom. The van der Waals surface area contributed by atoms with E-state index >= 15 is 0 Å². The van der Waals surface area contributed by atoms with E-state index in [2.05, 4.69) is 10.3 Å². The Morgan fingerprint density at radius 1 is 1.38 bits per heavy atom. The largest absolute Gasteiger partial charge is 0.370 e. The van der Waals surface area contributed by atoms with Gasteiger partial charge in [0.2, 0.25) is 5.91 Å². The number of benzene rings is 1. The molecule has 0 bridgehead atoms. The van der Waals surface area contributed by atoms with E-state index in [1.54, 1.807) is 11.9 Å². The van der Waals surface area contributed by atoms with Crippen molar-refractivity contribution in [3.63, 3.8) is 0 Å². The first kappa shape index (κ1) is 21.8. The van der Waals surface area contributed by atoms with Gasteiger partial charge in [-0.05, 0) is 13.0 Å². The highest BCUT2D eigenvalue weighted by Gasteiger charge is 2.15. The van der Waals surface area contributed by atoms with Crippen LogP contribution in [-0.2, 0) is 4.79 Å². The number of hydrogen-bond donors (Lipinski definition) is 3. The molecule has 0 aliphatic heterocycles. The predicted octanol–water partition coefficient (Wildman–Crippen LogP) is 1.39. The Kier molecular flexibility index (Phi) is 10.6. The fraction of sp³-hybridized carbons (Fsp3) is 0.385. The quantitative estimate of drug-likeness (QED) is 0.440. The number of anilines is 1. The lowest BCUT2D eigenvalue weighted by molar-refractivity contribution is -0.116. The van der Waals surface area contributed by atoms with Crippen molar-refractivity contribution in [2.24, 2.45) is 16.5 Å². The van der Waals surface area contributed by atoms with Gasteiger partial charge in [-0.15, -0.1) is 24.8 Å². The molecule has 0 radical (unpaired) electrons. The first-order valence-electron chi connectivity index (χ1n) is 6.12. The number of halogens is 2. The molecule has 120 valence electrons. The number of nitrogens with zero attached hydrogens (tertiary/aromatic N) is 2. The van der Waals surface area contributed by atoms with Crippen molar-refractivity contribution >= 4 is 42.4 Å². The summed E-state index contributed by atoms with van der Waals surface area (Å²) in [6.07, 6.45) is -0.520. The average Bonchev–Trinajstić information content (AvgIpc) is 2.37. The van der Waals surface area contributed by atoms with Crippen molar-refractivity contribution < 1.29 is 4.79 Å². The number of aliphatic imine (C=N–C) groups is 1. The summed E-state index contributed by atoms with van der Waals surface area (Å²) in [6, 6.07) is 7.41. The summed E-state index contributed by atoms with van der Waals surface area (Å²) >= 11 is 0. The second kappa shape index (κ2) is 10.3. The molecule has 1 aromatic rings. The second-order valence-corrected chi connectivity index (χ2v) is 4.12. The smallest absolute Gasteiger partial charge is 0.223 e. The molecule has 1 atom stereocenters. The van der Waals surface area contributed by atoms with Crippen LogP contribution < -0.4 is 21.7 Å². The molecule has 6 nitrogen and oxygen atoms in total. The Hall–Kier alpha value is -1.50. The van der Waals surface area contributed by atoms with Crippen molar-refractivity contribution in [3.8, 4) is 0 Å². The molecule has 0 heterocycles. The SMILES string of the molecule is CCN=C(N)N[C@H](N)c1ccccc1N(C)C(C)=O.Cl.Cl. The second-order valence-electron chi connectivity index (χ2n) is 4.12. The van der Waals surface area contributed by atoms with Crippen LogP contribution >= 0.6 is 24.8 Å². The van der Waals surface area contributed by atoms with E-state index in [0.717, 1.165) is 11.3 Å². The molecular formula is C13H23Cl2N5O. The lowest BCUT2D eigenvalue weighted by Gasteiger charge is -2.23. The first-order valence-corrected chi connectivity index (χ1v) is 6.12. The van der Waals surface area contributed by atoms with Crippen molar-refractivity contribution in [1.29, 1.82) is 0 Å². The third-order valence-electron chi connectivity index (χ3n) is 2.74. The van der Waals surface area contributed by atoms with Crippen LogP contribution in [0.5, 0.6) is 0 Å². The number of hydrogen-bond acceptors (Lipinski definition) is 3. The predicted molar refractivity (Wildman–Crippen MR) is 92.2 cm³/mol. The lowest BCUT2D eigenvalue weighted by Crippen LogP contribution is -2.40. The summed E-state index contributed by atoms with van der Waals surface area (Å²) in [6.45, 7) is 3.97. The summed E-state index contributed by atoms with van der Waals surface area (Å²) in [5.74, 6) is 0.227. The van der Waals surface area contributed by atoms with Gasteiger partial charge >= 0.3 is 0 Å². The van der Waals surface area contributed by atoms with Gasteiger partial charge in [0.25, 0.3) is 0 Å². The monoisotopic (exact) mass is 335 g/mol. The van der Waals surface area contributed by atoms with Crippen LogP contribution in [0.4, 0.5) is 5.69 Å². The number of carbonyl (C=O) groups excluding carboxylic acids is 1. The Bertz CT molecular complexity index is 481. The van der Waals surface area contributed by atoms with Crippen LogP contribution in [0, 0.1) is 0 Å². The zero-order chi connectivity index (χ0) is 14.4. The van der Waals surface area contributed by atoms with Crippen LogP contribution in [0.3, 0.4) is 0 Å². The molecule has 1 rings (SSSR count). The molecule has 0 aromatic heterocycles. The van der Waals surface area contributed by atoms with Gasteiger partial charge in [-0.25, -0.2) is 0 Å². The average molecular weight is 336 g/mol. The number of rotatable bonds is 4. The molecule has 0 saturated heterocycles. The maximum Gasteiger partial charge on any atom is 0.223 e. The lowest BCUT2D eigenvalue weighted by atomic mass is 10.1. The van der Waals surface area contributed by atoms with E-state index in [-0.39, 0.29) is 36.7 Å². The number of guanidine groups is 1. The van der Waals surface area contributed by atoms with Crippen molar-refractivity contribution in [3.05, 3.63) is 29.8 Å². The Morgan fingerprint density at radius 3 is 2.48 bits per heavy atom. The molecule has 0 spiro atoms. The van der Waals surface area contributed by atoms with E-state index in [9.17, 15) is 4.79 Å². The maximum absolute atomic E-state index is 11.5. The molecular weight excluding hydrogens is 313 g/mol. The van der Waals surface area contributed by atoms with Crippen molar-refractivity contribution in [2.75, 3.05) is 18.5 Å². The molecule has 21 heavy (non-hydrogen) atoms.